The van der Waals surface area contributed by atoms with Gasteiger partial charge >= 0.3 is 11.9 Å². The lowest BCUT2D eigenvalue weighted by Crippen LogP contribution is -2.45. The summed E-state index contributed by atoms with van der Waals surface area (Å²) in [6, 6.07) is 1.09. The lowest BCUT2D eigenvalue weighted by atomic mass is 9.98. The summed E-state index contributed by atoms with van der Waals surface area (Å²) in [6.07, 6.45) is -0.205. The zero-order valence-corrected chi connectivity index (χ0v) is 12.6. The monoisotopic (exact) mass is 329 g/mol. The fourth-order valence-corrected chi connectivity index (χ4v) is 1.91. The number of aliphatic carboxylic acids is 1. The number of halogens is 2. The van der Waals surface area contributed by atoms with Crippen molar-refractivity contribution in [3.63, 3.8) is 0 Å². The Balaban J connectivity index is 2.82. The Morgan fingerprint density at radius 2 is 1.91 bits per heavy atom. The Bertz CT molecular complexity index is 606. The van der Waals surface area contributed by atoms with Gasteiger partial charge in [0.25, 0.3) is 5.91 Å². The van der Waals surface area contributed by atoms with E-state index >= 15 is 0 Å². The highest BCUT2D eigenvalue weighted by Crippen LogP contribution is 2.13. The van der Waals surface area contributed by atoms with Crippen LogP contribution in [0.5, 0.6) is 0 Å². The first-order valence-corrected chi connectivity index (χ1v) is 6.90. The van der Waals surface area contributed by atoms with Gasteiger partial charge in [0, 0.05) is 5.56 Å². The van der Waals surface area contributed by atoms with Crippen molar-refractivity contribution in [3.8, 4) is 0 Å². The zero-order valence-electron chi connectivity index (χ0n) is 12.6. The number of rotatable bonds is 7. The van der Waals surface area contributed by atoms with Gasteiger partial charge in [0.1, 0.15) is 6.04 Å². The molecule has 0 bridgehead atoms. The molecule has 1 rings (SSSR count). The fraction of sp³-hybridized carbons (Fsp3) is 0.400. The van der Waals surface area contributed by atoms with Crippen molar-refractivity contribution in [1.29, 1.82) is 0 Å². The number of carbonyl (C=O) groups is 3. The van der Waals surface area contributed by atoms with E-state index in [9.17, 15) is 28.3 Å². The summed E-state index contributed by atoms with van der Waals surface area (Å²) in [5.41, 5.74) is -0.224. The Labute approximate surface area is 131 Å². The van der Waals surface area contributed by atoms with Gasteiger partial charge < -0.3 is 15.2 Å². The molecule has 0 saturated heterocycles. The second-order valence-electron chi connectivity index (χ2n) is 4.90. The van der Waals surface area contributed by atoms with E-state index < -0.39 is 41.4 Å². The maximum absolute atomic E-state index is 13.1. The molecule has 0 spiro atoms. The van der Waals surface area contributed by atoms with E-state index in [1.165, 1.54) is 6.92 Å². The van der Waals surface area contributed by atoms with Gasteiger partial charge in [0.2, 0.25) is 0 Å². The molecule has 0 heterocycles. The molecule has 0 aliphatic carbocycles. The van der Waals surface area contributed by atoms with Gasteiger partial charge in [-0.1, -0.05) is 6.92 Å². The lowest BCUT2D eigenvalue weighted by molar-refractivity contribution is -0.145. The average molecular weight is 329 g/mol. The first-order valence-electron chi connectivity index (χ1n) is 6.90. The highest BCUT2D eigenvalue weighted by atomic mass is 19.2. The minimum atomic E-state index is -1.37. The molecular weight excluding hydrogens is 312 g/mol. The van der Waals surface area contributed by atoms with Gasteiger partial charge in [-0.25, -0.2) is 13.6 Å². The fourth-order valence-electron chi connectivity index (χ4n) is 1.91. The third kappa shape index (κ3) is 5.32. The Hall–Kier alpha value is -2.51. The van der Waals surface area contributed by atoms with Crippen molar-refractivity contribution in [2.75, 3.05) is 6.61 Å². The maximum Gasteiger partial charge on any atom is 0.326 e. The molecular formula is C15H17F2NO5. The number of carboxylic acids is 1. The summed E-state index contributed by atoms with van der Waals surface area (Å²) in [5, 5.41) is 11.4. The van der Waals surface area contributed by atoms with Crippen LogP contribution in [0.1, 0.15) is 30.6 Å². The van der Waals surface area contributed by atoms with Gasteiger partial charge in [-0.3, -0.25) is 9.59 Å². The van der Waals surface area contributed by atoms with Crippen LogP contribution in [0.2, 0.25) is 0 Å². The Kier molecular flexibility index (Phi) is 6.62. The highest BCUT2D eigenvalue weighted by Gasteiger charge is 2.29. The van der Waals surface area contributed by atoms with Crippen molar-refractivity contribution in [2.45, 2.75) is 26.3 Å². The molecule has 2 N–H and O–H groups in total. The molecule has 23 heavy (non-hydrogen) atoms. The van der Waals surface area contributed by atoms with Crippen LogP contribution in [0, 0.1) is 17.6 Å². The molecule has 0 aromatic heterocycles. The van der Waals surface area contributed by atoms with E-state index in [2.05, 4.69) is 5.32 Å². The zero-order chi connectivity index (χ0) is 17.6. The van der Waals surface area contributed by atoms with Crippen molar-refractivity contribution >= 4 is 17.8 Å². The number of nitrogens with one attached hydrogen (secondary N) is 1. The summed E-state index contributed by atoms with van der Waals surface area (Å²) in [6.45, 7) is 3.23. The van der Waals surface area contributed by atoms with Gasteiger partial charge in [0.05, 0.1) is 13.0 Å². The minimum Gasteiger partial charge on any atom is -0.480 e. The van der Waals surface area contributed by atoms with Crippen LogP contribution in [0.3, 0.4) is 0 Å². The third-order valence-electron chi connectivity index (χ3n) is 3.10. The minimum absolute atomic E-state index is 0.157. The Morgan fingerprint density at radius 3 is 2.43 bits per heavy atom. The number of benzene rings is 1. The highest BCUT2D eigenvalue weighted by molar-refractivity contribution is 5.96. The molecule has 6 nitrogen and oxygen atoms in total. The quantitative estimate of drug-likeness (QED) is 0.743. The number of amides is 1. The SMILES string of the molecule is CCOC(=O)C[C@@H](C)[C@@H](NC(=O)c1ccc(F)c(F)c1)C(=O)O. The van der Waals surface area contributed by atoms with Crippen LogP contribution >= 0.6 is 0 Å². The van der Waals surface area contributed by atoms with Crippen molar-refractivity contribution in [2.24, 2.45) is 5.92 Å². The molecule has 126 valence electrons. The number of hydrogen-bond acceptors (Lipinski definition) is 4. The van der Waals surface area contributed by atoms with Crippen LogP contribution in [0.15, 0.2) is 18.2 Å². The third-order valence-corrected chi connectivity index (χ3v) is 3.10. The molecule has 8 heteroatoms. The van der Waals surface area contributed by atoms with Crippen molar-refractivity contribution in [3.05, 3.63) is 35.4 Å². The largest absolute Gasteiger partial charge is 0.480 e. The number of carboxylic acid groups (broad SMARTS) is 1. The molecule has 0 aliphatic heterocycles. The number of hydrogen-bond donors (Lipinski definition) is 2. The molecule has 0 aliphatic rings. The topological polar surface area (TPSA) is 92.7 Å². The standard InChI is InChI=1S/C15H17F2NO5/c1-3-23-12(19)6-8(2)13(15(21)22)18-14(20)9-4-5-10(16)11(17)7-9/h4-5,7-8,13H,3,6H2,1-2H3,(H,18,20)(H,21,22)/t8-,13-/m1/s1. The van der Waals surface area contributed by atoms with Crippen molar-refractivity contribution in [1.82, 2.24) is 5.32 Å². The predicted octanol–water partition coefficient (Wildman–Crippen LogP) is 1.74. The van der Waals surface area contributed by atoms with Crippen LogP contribution in [0.4, 0.5) is 8.78 Å². The van der Waals surface area contributed by atoms with Crippen molar-refractivity contribution < 1.29 is 33.0 Å². The summed E-state index contributed by atoms with van der Waals surface area (Å²) in [4.78, 5) is 34.6. The van der Waals surface area contributed by atoms with Gasteiger partial charge in [-0.15, -0.1) is 0 Å². The average Bonchev–Trinajstić information content (AvgIpc) is 2.46. The number of ether oxygens (including phenoxy) is 1. The summed E-state index contributed by atoms with van der Waals surface area (Å²) in [5.74, 6) is -5.91. The lowest BCUT2D eigenvalue weighted by Gasteiger charge is -2.20. The van der Waals surface area contributed by atoms with E-state index in [4.69, 9.17) is 4.74 Å². The molecule has 0 fully saturated rings. The first kappa shape index (κ1) is 18.5. The Morgan fingerprint density at radius 1 is 1.26 bits per heavy atom. The molecule has 0 saturated carbocycles. The smallest absolute Gasteiger partial charge is 0.326 e. The van der Waals surface area contributed by atoms with Gasteiger partial charge in [-0.2, -0.15) is 0 Å². The van der Waals surface area contributed by atoms with Crippen LogP contribution in [0.25, 0.3) is 0 Å². The van der Waals surface area contributed by atoms with Gasteiger partial charge in [-0.05, 0) is 31.0 Å². The first-order chi connectivity index (χ1) is 10.8. The van der Waals surface area contributed by atoms with E-state index in [1.54, 1.807) is 6.92 Å². The molecule has 0 radical (unpaired) electrons. The van der Waals surface area contributed by atoms with Crippen LogP contribution in [-0.2, 0) is 14.3 Å². The summed E-state index contributed by atoms with van der Waals surface area (Å²) < 4.78 is 30.7. The normalized spacial score (nSPS) is 13.0. The molecule has 2 atom stereocenters. The molecule has 0 unspecified atom stereocenters. The second kappa shape index (κ2) is 8.21. The van der Waals surface area contributed by atoms with E-state index in [0.717, 1.165) is 12.1 Å². The second-order valence-corrected chi connectivity index (χ2v) is 4.90. The molecule has 1 amide bonds. The maximum atomic E-state index is 13.1. The predicted molar refractivity (Wildman–Crippen MR) is 75.7 cm³/mol. The molecule has 1 aromatic rings. The molecule has 1 aromatic carbocycles. The van der Waals surface area contributed by atoms with Gasteiger partial charge in [0.15, 0.2) is 11.6 Å². The van der Waals surface area contributed by atoms with E-state index in [-0.39, 0.29) is 18.6 Å². The summed E-state index contributed by atoms with van der Waals surface area (Å²) >= 11 is 0. The van der Waals surface area contributed by atoms with E-state index in [1.807, 2.05) is 0 Å². The van der Waals surface area contributed by atoms with Crippen LogP contribution in [-0.4, -0.2) is 35.6 Å². The van der Waals surface area contributed by atoms with E-state index in [0.29, 0.717) is 6.07 Å². The summed E-state index contributed by atoms with van der Waals surface area (Å²) in [7, 11) is 0. The van der Waals surface area contributed by atoms with Crippen LogP contribution < -0.4 is 5.32 Å². The number of esters is 1. The number of carbonyl (C=O) groups excluding carboxylic acids is 2.